The van der Waals surface area contributed by atoms with E-state index >= 15 is 0 Å². The molecule has 0 heterocycles. The Balaban J connectivity index is 2.50. The SMILES string of the molecule is CCCNCC1CCCCC1CCS(=O)(=O)C(C)(C)C. The third-order valence-electron chi connectivity index (χ3n) is 4.59. The molecular formula is C16H33NO2S. The summed E-state index contributed by atoms with van der Waals surface area (Å²) >= 11 is 0. The van der Waals surface area contributed by atoms with E-state index in [4.69, 9.17) is 0 Å². The van der Waals surface area contributed by atoms with Gasteiger partial charge in [0.05, 0.1) is 10.5 Å². The molecule has 1 fully saturated rings. The summed E-state index contributed by atoms with van der Waals surface area (Å²) in [5.74, 6) is 1.61. The maximum Gasteiger partial charge on any atom is 0.155 e. The third kappa shape index (κ3) is 5.36. The number of hydrogen-bond donors (Lipinski definition) is 1. The van der Waals surface area contributed by atoms with Crippen LogP contribution in [0.3, 0.4) is 0 Å². The predicted molar refractivity (Wildman–Crippen MR) is 86.8 cm³/mol. The van der Waals surface area contributed by atoms with Gasteiger partial charge in [0.2, 0.25) is 0 Å². The minimum Gasteiger partial charge on any atom is -0.316 e. The smallest absolute Gasteiger partial charge is 0.155 e. The van der Waals surface area contributed by atoms with Crippen LogP contribution in [0.1, 0.15) is 66.2 Å². The zero-order valence-corrected chi connectivity index (χ0v) is 14.6. The molecule has 20 heavy (non-hydrogen) atoms. The van der Waals surface area contributed by atoms with Gasteiger partial charge in [0.1, 0.15) is 0 Å². The average Bonchev–Trinajstić information content (AvgIpc) is 2.36. The van der Waals surface area contributed by atoms with Gasteiger partial charge in [0, 0.05) is 0 Å². The van der Waals surface area contributed by atoms with Crippen LogP contribution in [-0.4, -0.2) is 32.0 Å². The minimum atomic E-state index is -2.97. The Kier molecular flexibility index (Phi) is 6.99. The normalized spacial score (nSPS) is 24.8. The molecule has 0 aromatic rings. The molecule has 1 aliphatic carbocycles. The first-order chi connectivity index (χ1) is 9.28. The lowest BCUT2D eigenvalue weighted by molar-refractivity contribution is 0.224. The van der Waals surface area contributed by atoms with Gasteiger partial charge in [-0.2, -0.15) is 0 Å². The first kappa shape index (κ1) is 18.0. The van der Waals surface area contributed by atoms with Gasteiger partial charge in [-0.15, -0.1) is 0 Å². The van der Waals surface area contributed by atoms with Gasteiger partial charge >= 0.3 is 0 Å². The summed E-state index contributed by atoms with van der Waals surface area (Å²) in [6.45, 7) is 9.75. The van der Waals surface area contributed by atoms with E-state index in [1.165, 1.54) is 25.7 Å². The summed E-state index contributed by atoms with van der Waals surface area (Å²) in [6.07, 6.45) is 7.05. The van der Waals surface area contributed by atoms with Crippen LogP contribution in [0.15, 0.2) is 0 Å². The fraction of sp³-hybridized carbons (Fsp3) is 1.00. The van der Waals surface area contributed by atoms with Gasteiger partial charge in [0.15, 0.2) is 9.84 Å². The number of nitrogens with one attached hydrogen (secondary N) is 1. The summed E-state index contributed by atoms with van der Waals surface area (Å²) in [5.41, 5.74) is 0. The first-order valence-corrected chi connectivity index (χ1v) is 9.86. The predicted octanol–water partition coefficient (Wildman–Crippen LogP) is 3.40. The molecule has 0 aromatic carbocycles. The van der Waals surface area contributed by atoms with Crippen LogP contribution in [0.5, 0.6) is 0 Å². The number of sulfone groups is 1. The first-order valence-electron chi connectivity index (χ1n) is 8.21. The highest BCUT2D eigenvalue weighted by Gasteiger charge is 2.31. The lowest BCUT2D eigenvalue weighted by atomic mass is 9.78. The largest absolute Gasteiger partial charge is 0.316 e. The van der Waals surface area contributed by atoms with E-state index in [2.05, 4.69) is 12.2 Å². The van der Waals surface area contributed by atoms with E-state index in [1.807, 2.05) is 20.8 Å². The molecule has 0 bridgehead atoms. The van der Waals surface area contributed by atoms with Crippen molar-refractivity contribution < 1.29 is 8.42 Å². The molecule has 0 aromatic heterocycles. The summed E-state index contributed by atoms with van der Waals surface area (Å²) in [6, 6.07) is 0. The van der Waals surface area contributed by atoms with Crippen molar-refractivity contribution in [1.29, 1.82) is 0 Å². The summed E-state index contributed by atoms with van der Waals surface area (Å²) in [4.78, 5) is 0. The Morgan fingerprint density at radius 1 is 1.10 bits per heavy atom. The van der Waals surface area contributed by atoms with Gasteiger partial charge in [-0.25, -0.2) is 8.42 Å². The molecule has 0 radical (unpaired) electrons. The lowest BCUT2D eigenvalue weighted by Crippen LogP contribution is -2.35. The second-order valence-corrected chi connectivity index (χ2v) is 10.1. The van der Waals surface area contributed by atoms with E-state index in [1.54, 1.807) is 0 Å². The number of rotatable bonds is 7. The molecule has 1 rings (SSSR count). The van der Waals surface area contributed by atoms with Gasteiger partial charge in [0.25, 0.3) is 0 Å². The van der Waals surface area contributed by atoms with E-state index in [0.717, 1.165) is 25.9 Å². The van der Waals surface area contributed by atoms with Crippen LogP contribution in [-0.2, 0) is 9.84 Å². The lowest BCUT2D eigenvalue weighted by Gasteiger charge is -2.32. The number of hydrogen-bond acceptors (Lipinski definition) is 3. The summed E-state index contributed by atoms with van der Waals surface area (Å²) < 4.78 is 23.9. The van der Waals surface area contributed by atoms with E-state index in [9.17, 15) is 8.42 Å². The van der Waals surface area contributed by atoms with Crippen molar-refractivity contribution in [2.24, 2.45) is 11.8 Å². The van der Waals surface area contributed by atoms with Gasteiger partial charge in [-0.05, 0) is 65.0 Å². The molecule has 3 nitrogen and oxygen atoms in total. The molecule has 0 saturated heterocycles. The maximum absolute atomic E-state index is 12.2. The molecule has 0 amide bonds. The van der Waals surface area contributed by atoms with Crippen LogP contribution in [0.2, 0.25) is 0 Å². The molecule has 1 N–H and O–H groups in total. The van der Waals surface area contributed by atoms with Gasteiger partial charge in [-0.3, -0.25) is 0 Å². The molecule has 2 atom stereocenters. The zero-order chi connectivity index (χ0) is 15.2. The standard InChI is InChI=1S/C16H33NO2S/c1-5-11-17-13-15-9-7-6-8-14(15)10-12-20(18,19)16(2,3)4/h14-15,17H,5-13H2,1-4H3. The average molecular weight is 304 g/mol. The van der Waals surface area contributed by atoms with Crippen LogP contribution in [0.25, 0.3) is 0 Å². The van der Waals surface area contributed by atoms with Crippen molar-refractivity contribution in [1.82, 2.24) is 5.32 Å². The molecule has 1 saturated carbocycles. The maximum atomic E-state index is 12.2. The van der Waals surface area contributed by atoms with Crippen LogP contribution in [0, 0.1) is 11.8 Å². The second kappa shape index (κ2) is 7.79. The van der Waals surface area contributed by atoms with Crippen molar-refractivity contribution in [2.75, 3.05) is 18.8 Å². The van der Waals surface area contributed by atoms with Crippen molar-refractivity contribution in [3.63, 3.8) is 0 Å². The zero-order valence-electron chi connectivity index (χ0n) is 13.7. The van der Waals surface area contributed by atoms with Crippen LogP contribution < -0.4 is 5.32 Å². The quantitative estimate of drug-likeness (QED) is 0.733. The monoisotopic (exact) mass is 303 g/mol. The van der Waals surface area contributed by atoms with Crippen LogP contribution in [0.4, 0.5) is 0 Å². The fourth-order valence-corrected chi connectivity index (χ4v) is 4.24. The van der Waals surface area contributed by atoms with Gasteiger partial charge in [-0.1, -0.05) is 26.2 Å². The third-order valence-corrected chi connectivity index (χ3v) is 7.23. The minimum absolute atomic E-state index is 0.353. The molecule has 120 valence electrons. The van der Waals surface area contributed by atoms with Crippen LogP contribution >= 0.6 is 0 Å². The Morgan fingerprint density at radius 2 is 1.70 bits per heavy atom. The molecule has 0 aliphatic heterocycles. The molecular weight excluding hydrogens is 270 g/mol. The van der Waals surface area contributed by atoms with Crippen molar-refractivity contribution >= 4 is 9.84 Å². The Bertz CT molecular complexity index is 370. The second-order valence-electron chi connectivity index (χ2n) is 7.23. The Labute approximate surface area is 125 Å². The summed E-state index contributed by atoms with van der Waals surface area (Å²) in [5, 5.41) is 3.51. The molecule has 2 unspecified atom stereocenters. The Morgan fingerprint density at radius 3 is 2.25 bits per heavy atom. The highest BCUT2D eigenvalue weighted by molar-refractivity contribution is 7.92. The molecule has 1 aliphatic rings. The van der Waals surface area contributed by atoms with Crippen molar-refractivity contribution in [3.05, 3.63) is 0 Å². The van der Waals surface area contributed by atoms with E-state index in [-0.39, 0.29) is 0 Å². The van der Waals surface area contributed by atoms with Crippen molar-refractivity contribution in [3.8, 4) is 0 Å². The highest BCUT2D eigenvalue weighted by Crippen LogP contribution is 2.33. The summed E-state index contributed by atoms with van der Waals surface area (Å²) in [7, 11) is -2.97. The molecule has 4 heteroatoms. The molecule has 0 spiro atoms. The van der Waals surface area contributed by atoms with Gasteiger partial charge < -0.3 is 5.32 Å². The fourth-order valence-electron chi connectivity index (χ4n) is 3.01. The Hall–Kier alpha value is -0.0900. The highest BCUT2D eigenvalue weighted by atomic mass is 32.2. The van der Waals surface area contributed by atoms with Crippen molar-refractivity contribution in [2.45, 2.75) is 71.0 Å². The van der Waals surface area contributed by atoms with E-state index < -0.39 is 14.6 Å². The topological polar surface area (TPSA) is 46.2 Å². The van der Waals surface area contributed by atoms with E-state index in [0.29, 0.717) is 17.6 Å².